The molecule has 0 aromatic heterocycles. The SMILES string of the molecule is CC(C)(C)c1cccc(O[C@H]2CCCNC2)c1. The Morgan fingerprint density at radius 3 is 2.76 bits per heavy atom. The topological polar surface area (TPSA) is 21.3 Å². The predicted octanol–water partition coefficient (Wildman–Crippen LogP) is 3.11. The highest BCUT2D eigenvalue weighted by Gasteiger charge is 2.17. The third-order valence-corrected chi connectivity index (χ3v) is 3.25. The first-order valence-corrected chi connectivity index (χ1v) is 6.53. The molecular formula is C15H23NO. The Kier molecular flexibility index (Phi) is 3.72. The predicted molar refractivity (Wildman–Crippen MR) is 71.7 cm³/mol. The first-order chi connectivity index (χ1) is 8.05. The van der Waals surface area contributed by atoms with Crippen LogP contribution >= 0.6 is 0 Å². The van der Waals surface area contributed by atoms with Gasteiger partial charge in [0.25, 0.3) is 0 Å². The third-order valence-electron chi connectivity index (χ3n) is 3.25. The maximum Gasteiger partial charge on any atom is 0.120 e. The molecule has 0 spiro atoms. The molecule has 1 aromatic carbocycles. The lowest BCUT2D eigenvalue weighted by molar-refractivity contribution is 0.167. The van der Waals surface area contributed by atoms with Crippen LogP contribution in [0.3, 0.4) is 0 Å². The van der Waals surface area contributed by atoms with Gasteiger partial charge in [-0.25, -0.2) is 0 Å². The van der Waals surface area contributed by atoms with Crippen molar-refractivity contribution in [3.05, 3.63) is 29.8 Å². The van der Waals surface area contributed by atoms with E-state index in [1.807, 2.05) is 0 Å². The molecule has 0 unspecified atom stereocenters. The van der Waals surface area contributed by atoms with Crippen molar-refractivity contribution >= 4 is 0 Å². The molecule has 1 heterocycles. The first-order valence-electron chi connectivity index (χ1n) is 6.53. The molecule has 1 aliphatic rings. The van der Waals surface area contributed by atoms with Gasteiger partial charge in [0.05, 0.1) is 0 Å². The monoisotopic (exact) mass is 233 g/mol. The first kappa shape index (κ1) is 12.4. The van der Waals surface area contributed by atoms with Crippen molar-refractivity contribution in [3.63, 3.8) is 0 Å². The second kappa shape index (κ2) is 5.09. The highest BCUT2D eigenvalue weighted by atomic mass is 16.5. The Balaban J connectivity index is 2.05. The Morgan fingerprint density at radius 2 is 2.12 bits per heavy atom. The summed E-state index contributed by atoms with van der Waals surface area (Å²) in [7, 11) is 0. The van der Waals surface area contributed by atoms with Crippen molar-refractivity contribution < 1.29 is 4.74 Å². The Labute approximate surface area is 104 Å². The van der Waals surface area contributed by atoms with E-state index in [2.05, 4.69) is 50.4 Å². The van der Waals surface area contributed by atoms with E-state index >= 15 is 0 Å². The quantitative estimate of drug-likeness (QED) is 0.847. The van der Waals surface area contributed by atoms with Gasteiger partial charge in [-0.05, 0) is 42.5 Å². The van der Waals surface area contributed by atoms with Gasteiger partial charge >= 0.3 is 0 Å². The van der Waals surface area contributed by atoms with Crippen LogP contribution in [-0.4, -0.2) is 19.2 Å². The van der Waals surface area contributed by atoms with Crippen LogP contribution in [0.5, 0.6) is 5.75 Å². The Morgan fingerprint density at radius 1 is 1.29 bits per heavy atom. The molecule has 1 N–H and O–H groups in total. The summed E-state index contributed by atoms with van der Waals surface area (Å²) in [4.78, 5) is 0. The lowest BCUT2D eigenvalue weighted by Crippen LogP contribution is -2.37. The lowest BCUT2D eigenvalue weighted by Gasteiger charge is -2.25. The average Bonchev–Trinajstić information content (AvgIpc) is 2.29. The summed E-state index contributed by atoms with van der Waals surface area (Å²) in [6.07, 6.45) is 2.70. The van der Waals surface area contributed by atoms with Crippen molar-refractivity contribution in [3.8, 4) is 5.75 Å². The molecule has 17 heavy (non-hydrogen) atoms. The van der Waals surface area contributed by atoms with Crippen LogP contribution in [0, 0.1) is 0 Å². The molecule has 94 valence electrons. The van der Waals surface area contributed by atoms with E-state index < -0.39 is 0 Å². The molecule has 1 saturated heterocycles. The van der Waals surface area contributed by atoms with E-state index in [0.717, 1.165) is 25.3 Å². The van der Waals surface area contributed by atoms with Crippen LogP contribution in [0.2, 0.25) is 0 Å². The fourth-order valence-corrected chi connectivity index (χ4v) is 2.15. The lowest BCUT2D eigenvalue weighted by atomic mass is 9.87. The largest absolute Gasteiger partial charge is 0.489 e. The van der Waals surface area contributed by atoms with Gasteiger partial charge in [-0.2, -0.15) is 0 Å². The summed E-state index contributed by atoms with van der Waals surface area (Å²) in [6.45, 7) is 8.79. The molecule has 0 saturated carbocycles. The number of nitrogens with one attached hydrogen (secondary N) is 1. The minimum absolute atomic E-state index is 0.185. The molecule has 0 bridgehead atoms. The van der Waals surface area contributed by atoms with Gasteiger partial charge in [0.15, 0.2) is 0 Å². The highest BCUT2D eigenvalue weighted by molar-refractivity contribution is 5.32. The molecule has 1 atom stereocenters. The van der Waals surface area contributed by atoms with Gasteiger partial charge in [-0.15, -0.1) is 0 Å². The number of benzene rings is 1. The maximum absolute atomic E-state index is 6.03. The van der Waals surface area contributed by atoms with Gasteiger partial charge in [0, 0.05) is 6.54 Å². The zero-order chi connectivity index (χ0) is 12.3. The van der Waals surface area contributed by atoms with Crippen molar-refractivity contribution in [1.29, 1.82) is 0 Å². The van der Waals surface area contributed by atoms with Crippen LogP contribution in [0.25, 0.3) is 0 Å². The molecule has 2 heteroatoms. The van der Waals surface area contributed by atoms with Crippen LogP contribution in [0.4, 0.5) is 0 Å². The summed E-state index contributed by atoms with van der Waals surface area (Å²) in [5.41, 5.74) is 1.52. The second-order valence-electron chi connectivity index (χ2n) is 5.86. The van der Waals surface area contributed by atoms with E-state index in [1.54, 1.807) is 0 Å². The number of hydrogen-bond acceptors (Lipinski definition) is 2. The van der Waals surface area contributed by atoms with E-state index in [1.165, 1.54) is 12.0 Å². The van der Waals surface area contributed by atoms with Gasteiger partial charge in [0.2, 0.25) is 0 Å². The van der Waals surface area contributed by atoms with Crippen LogP contribution in [0.15, 0.2) is 24.3 Å². The standard InChI is InChI=1S/C15H23NO/c1-15(2,3)12-6-4-7-13(10-12)17-14-8-5-9-16-11-14/h4,6-7,10,14,16H,5,8-9,11H2,1-3H3/t14-/m0/s1. The van der Waals surface area contributed by atoms with Crippen LogP contribution in [-0.2, 0) is 5.41 Å². The highest BCUT2D eigenvalue weighted by Crippen LogP contribution is 2.26. The number of ether oxygens (including phenoxy) is 1. The smallest absolute Gasteiger partial charge is 0.120 e. The summed E-state index contributed by atoms with van der Waals surface area (Å²) in [5.74, 6) is 1.01. The zero-order valence-electron chi connectivity index (χ0n) is 11.1. The minimum atomic E-state index is 0.185. The van der Waals surface area contributed by atoms with E-state index in [-0.39, 0.29) is 5.41 Å². The van der Waals surface area contributed by atoms with Gasteiger partial charge in [-0.3, -0.25) is 0 Å². The molecule has 0 amide bonds. The number of hydrogen-bond donors (Lipinski definition) is 1. The molecule has 1 aliphatic heterocycles. The van der Waals surface area contributed by atoms with Crippen LogP contribution in [0.1, 0.15) is 39.2 Å². The van der Waals surface area contributed by atoms with Crippen molar-refractivity contribution in [2.75, 3.05) is 13.1 Å². The fraction of sp³-hybridized carbons (Fsp3) is 0.600. The Hall–Kier alpha value is -1.02. The molecule has 0 aliphatic carbocycles. The zero-order valence-corrected chi connectivity index (χ0v) is 11.1. The molecule has 2 rings (SSSR count). The van der Waals surface area contributed by atoms with Gasteiger partial charge < -0.3 is 10.1 Å². The molecule has 1 aromatic rings. The fourth-order valence-electron chi connectivity index (χ4n) is 2.15. The van der Waals surface area contributed by atoms with E-state index in [9.17, 15) is 0 Å². The van der Waals surface area contributed by atoms with Gasteiger partial charge in [-0.1, -0.05) is 32.9 Å². The van der Waals surface area contributed by atoms with Crippen molar-refractivity contribution in [1.82, 2.24) is 5.32 Å². The van der Waals surface area contributed by atoms with Gasteiger partial charge in [0.1, 0.15) is 11.9 Å². The van der Waals surface area contributed by atoms with Crippen LogP contribution < -0.4 is 10.1 Å². The Bertz CT molecular complexity index is 361. The summed E-state index contributed by atoms with van der Waals surface area (Å²) in [5, 5.41) is 3.37. The molecule has 2 nitrogen and oxygen atoms in total. The number of piperidine rings is 1. The molecule has 1 fully saturated rings. The van der Waals surface area contributed by atoms with E-state index in [4.69, 9.17) is 4.74 Å². The average molecular weight is 233 g/mol. The normalized spacial score (nSPS) is 21.2. The third kappa shape index (κ3) is 3.47. The van der Waals surface area contributed by atoms with Crippen molar-refractivity contribution in [2.45, 2.75) is 45.1 Å². The number of rotatable bonds is 2. The molecular weight excluding hydrogens is 210 g/mol. The summed E-state index contributed by atoms with van der Waals surface area (Å²) in [6, 6.07) is 8.50. The summed E-state index contributed by atoms with van der Waals surface area (Å²) >= 11 is 0. The summed E-state index contributed by atoms with van der Waals surface area (Å²) < 4.78 is 6.03. The van der Waals surface area contributed by atoms with E-state index in [0.29, 0.717) is 6.10 Å². The van der Waals surface area contributed by atoms with Crippen molar-refractivity contribution in [2.24, 2.45) is 0 Å². The molecule has 0 radical (unpaired) electrons. The minimum Gasteiger partial charge on any atom is -0.489 e. The maximum atomic E-state index is 6.03. The second-order valence-corrected chi connectivity index (χ2v) is 5.86.